The Hall–Kier alpha value is -2.69. The molecule has 0 aliphatic heterocycles. The van der Waals surface area contributed by atoms with Gasteiger partial charge in [0.15, 0.2) is 0 Å². The molecule has 5 nitrogen and oxygen atoms in total. The van der Waals surface area contributed by atoms with Crippen molar-refractivity contribution in [3.05, 3.63) is 42.5 Å². The Morgan fingerprint density at radius 1 is 1.00 bits per heavy atom. The second kappa shape index (κ2) is 8.92. The molecule has 1 N–H and O–H groups in total. The summed E-state index contributed by atoms with van der Waals surface area (Å²) in [6, 6.07) is 14.7. The van der Waals surface area contributed by atoms with Crippen LogP contribution >= 0.6 is 0 Å². The second-order valence-corrected chi connectivity index (χ2v) is 11.3. The molecular formula is C28H39N3O2. The highest BCUT2D eigenvalue weighted by atomic mass is 16.5. The third kappa shape index (κ3) is 5.45. The van der Waals surface area contributed by atoms with Crippen molar-refractivity contribution in [3.63, 3.8) is 0 Å². The molecule has 0 saturated heterocycles. The number of imidazole rings is 1. The van der Waals surface area contributed by atoms with Gasteiger partial charge in [-0.3, -0.25) is 0 Å². The minimum absolute atomic E-state index is 0.158. The molecule has 0 spiro atoms. The molecule has 178 valence electrons. The Kier molecular flexibility index (Phi) is 6.35. The van der Waals surface area contributed by atoms with Crippen LogP contribution in [0.3, 0.4) is 0 Å². The molecule has 0 radical (unpaired) electrons. The van der Waals surface area contributed by atoms with Crippen LogP contribution in [0, 0.1) is 10.8 Å². The minimum atomic E-state index is 0.158. The van der Waals surface area contributed by atoms with Gasteiger partial charge < -0.3 is 19.4 Å². The van der Waals surface area contributed by atoms with Crippen LogP contribution in [0.2, 0.25) is 0 Å². The van der Waals surface area contributed by atoms with E-state index >= 15 is 0 Å². The summed E-state index contributed by atoms with van der Waals surface area (Å²) in [5.41, 5.74) is 3.66. The minimum Gasteiger partial charge on any atom is -0.494 e. The third-order valence-corrected chi connectivity index (χ3v) is 6.35. The monoisotopic (exact) mass is 449 g/mol. The number of nitrogens with one attached hydrogen (secondary N) is 1. The highest BCUT2D eigenvalue weighted by molar-refractivity contribution is 5.81. The fourth-order valence-electron chi connectivity index (χ4n) is 5.78. The lowest BCUT2D eigenvalue weighted by Crippen LogP contribution is -2.35. The Bertz CT molecular complexity index is 1080. The molecular weight excluding hydrogens is 410 g/mol. The number of ether oxygens (including phenoxy) is 2. The summed E-state index contributed by atoms with van der Waals surface area (Å²) in [7, 11) is 0. The van der Waals surface area contributed by atoms with Gasteiger partial charge in [-0.05, 0) is 87.3 Å². The van der Waals surface area contributed by atoms with E-state index in [1.165, 1.54) is 6.42 Å². The van der Waals surface area contributed by atoms with Crippen LogP contribution < -0.4 is 14.8 Å². The average molecular weight is 450 g/mol. The smallest absolute Gasteiger partial charge is 0.208 e. The largest absolute Gasteiger partial charge is 0.494 e. The maximum absolute atomic E-state index is 5.84. The number of hydrogen-bond donors (Lipinski definition) is 1. The molecule has 1 aromatic heterocycles. The fraction of sp³-hybridized carbons (Fsp3) is 0.536. The molecule has 1 saturated carbocycles. The van der Waals surface area contributed by atoms with E-state index in [2.05, 4.69) is 61.8 Å². The first-order chi connectivity index (χ1) is 15.5. The van der Waals surface area contributed by atoms with Gasteiger partial charge in [0.05, 0.1) is 23.7 Å². The van der Waals surface area contributed by atoms with Crippen molar-refractivity contribution in [1.82, 2.24) is 9.55 Å². The quantitative estimate of drug-likeness (QED) is 0.401. The van der Waals surface area contributed by atoms with Gasteiger partial charge in [0.1, 0.15) is 11.5 Å². The van der Waals surface area contributed by atoms with E-state index in [9.17, 15) is 0 Å². The number of anilines is 2. The topological polar surface area (TPSA) is 48.3 Å². The van der Waals surface area contributed by atoms with Gasteiger partial charge >= 0.3 is 0 Å². The maximum atomic E-state index is 5.84. The SMILES string of the molecule is CCOc1ccc2nc(Nc3ccc(OC(C)C)cc3)n(C3CC(C)(C)CC(C)(C)C3)c2c1. The molecule has 0 unspecified atom stereocenters. The van der Waals surface area contributed by atoms with Crippen LogP contribution in [-0.4, -0.2) is 22.3 Å². The van der Waals surface area contributed by atoms with Gasteiger partial charge in [-0.15, -0.1) is 0 Å². The lowest BCUT2D eigenvalue weighted by molar-refractivity contribution is 0.0746. The molecule has 1 aliphatic carbocycles. The van der Waals surface area contributed by atoms with Crippen LogP contribution in [0.1, 0.15) is 73.8 Å². The normalized spacial score (nSPS) is 17.9. The highest BCUT2D eigenvalue weighted by Crippen LogP contribution is 2.51. The molecule has 0 atom stereocenters. The van der Waals surface area contributed by atoms with Crippen LogP contribution in [-0.2, 0) is 0 Å². The van der Waals surface area contributed by atoms with Crippen LogP contribution in [0.4, 0.5) is 11.6 Å². The maximum Gasteiger partial charge on any atom is 0.208 e. The third-order valence-electron chi connectivity index (χ3n) is 6.35. The van der Waals surface area contributed by atoms with Gasteiger partial charge in [-0.2, -0.15) is 0 Å². The summed E-state index contributed by atoms with van der Waals surface area (Å²) in [5.74, 6) is 2.65. The van der Waals surface area contributed by atoms with Crippen LogP contribution in [0.25, 0.3) is 11.0 Å². The number of fused-ring (bicyclic) bond motifs is 1. The van der Waals surface area contributed by atoms with E-state index in [-0.39, 0.29) is 16.9 Å². The molecule has 3 aromatic rings. The first-order valence-electron chi connectivity index (χ1n) is 12.2. The summed E-state index contributed by atoms with van der Waals surface area (Å²) >= 11 is 0. The average Bonchev–Trinajstić information content (AvgIpc) is 3.04. The van der Waals surface area contributed by atoms with Gasteiger partial charge in [0.2, 0.25) is 5.95 Å². The first kappa shape index (κ1) is 23.5. The Labute approximate surface area is 198 Å². The van der Waals surface area contributed by atoms with E-state index in [1.54, 1.807) is 0 Å². The summed E-state index contributed by atoms with van der Waals surface area (Å²) in [4.78, 5) is 5.02. The van der Waals surface area contributed by atoms with Crippen molar-refractivity contribution in [2.24, 2.45) is 10.8 Å². The fourth-order valence-corrected chi connectivity index (χ4v) is 5.78. The lowest BCUT2D eigenvalue weighted by atomic mass is 9.63. The number of aromatic nitrogens is 2. The zero-order valence-corrected chi connectivity index (χ0v) is 21.2. The number of nitrogens with zero attached hydrogens (tertiary/aromatic N) is 2. The summed E-state index contributed by atoms with van der Waals surface area (Å²) in [5, 5.41) is 3.60. The summed E-state index contributed by atoms with van der Waals surface area (Å²) < 4.78 is 14.1. The van der Waals surface area contributed by atoms with E-state index in [0.717, 1.165) is 47.0 Å². The van der Waals surface area contributed by atoms with Crippen molar-refractivity contribution in [2.45, 2.75) is 79.9 Å². The zero-order chi connectivity index (χ0) is 23.8. The van der Waals surface area contributed by atoms with Crippen LogP contribution in [0.5, 0.6) is 11.5 Å². The van der Waals surface area contributed by atoms with Crippen molar-refractivity contribution in [3.8, 4) is 11.5 Å². The van der Waals surface area contributed by atoms with Crippen molar-refractivity contribution >= 4 is 22.7 Å². The number of benzene rings is 2. The van der Waals surface area contributed by atoms with Gasteiger partial charge in [-0.25, -0.2) is 4.98 Å². The summed E-state index contributed by atoms with van der Waals surface area (Å²) in [6.45, 7) is 16.3. The predicted octanol–water partition coefficient (Wildman–Crippen LogP) is 7.74. The summed E-state index contributed by atoms with van der Waals surface area (Å²) in [6.07, 6.45) is 3.63. The Morgan fingerprint density at radius 3 is 2.24 bits per heavy atom. The van der Waals surface area contributed by atoms with E-state index in [4.69, 9.17) is 14.5 Å². The van der Waals surface area contributed by atoms with E-state index < -0.39 is 0 Å². The van der Waals surface area contributed by atoms with Gasteiger partial charge in [0, 0.05) is 17.8 Å². The standard InChI is InChI=1S/C28H39N3O2/c1-8-32-23-13-14-24-25(15-23)31(21-16-27(4,5)18-28(6,7)17-21)26(30-24)29-20-9-11-22(12-10-20)33-19(2)3/h9-15,19,21H,8,16-18H2,1-7H3,(H,29,30). The number of rotatable bonds is 7. The van der Waals surface area contributed by atoms with Gasteiger partial charge in [0.25, 0.3) is 0 Å². The molecule has 1 aliphatic rings. The molecule has 4 rings (SSSR count). The lowest BCUT2D eigenvalue weighted by Gasteiger charge is -2.45. The molecule has 33 heavy (non-hydrogen) atoms. The highest BCUT2D eigenvalue weighted by Gasteiger charge is 2.40. The first-order valence-corrected chi connectivity index (χ1v) is 12.2. The Balaban J connectivity index is 1.75. The number of hydrogen-bond acceptors (Lipinski definition) is 4. The zero-order valence-electron chi connectivity index (χ0n) is 21.2. The van der Waals surface area contributed by atoms with Crippen molar-refractivity contribution in [2.75, 3.05) is 11.9 Å². The van der Waals surface area contributed by atoms with E-state index in [1.807, 2.05) is 39.0 Å². The van der Waals surface area contributed by atoms with Crippen molar-refractivity contribution < 1.29 is 9.47 Å². The Morgan fingerprint density at radius 2 is 1.64 bits per heavy atom. The molecule has 2 aromatic carbocycles. The molecule has 0 bridgehead atoms. The molecule has 5 heteroatoms. The second-order valence-electron chi connectivity index (χ2n) is 11.3. The van der Waals surface area contributed by atoms with Crippen molar-refractivity contribution in [1.29, 1.82) is 0 Å². The molecule has 1 heterocycles. The molecule has 1 fully saturated rings. The van der Waals surface area contributed by atoms with Crippen LogP contribution in [0.15, 0.2) is 42.5 Å². The van der Waals surface area contributed by atoms with Gasteiger partial charge in [-0.1, -0.05) is 27.7 Å². The van der Waals surface area contributed by atoms with E-state index in [0.29, 0.717) is 12.6 Å². The predicted molar refractivity (Wildman–Crippen MR) is 137 cm³/mol. The molecule has 0 amide bonds.